The second-order valence-corrected chi connectivity index (χ2v) is 5.49. The highest BCUT2D eigenvalue weighted by Crippen LogP contribution is 2.37. The topological polar surface area (TPSA) is 38.0 Å². The molecule has 4 heteroatoms. The average Bonchev–Trinajstić information content (AvgIpc) is 2.66. The summed E-state index contributed by atoms with van der Waals surface area (Å²) in [6, 6.07) is 4.37. The average molecular weight is 257 g/mol. The van der Waals surface area contributed by atoms with Crippen molar-refractivity contribution in [3.63, 3.8) is 0 Å². The molecule has 0 radical (unpaired) electrons. The molecular weight excluding hydrogens is 239 g/mol. The molecule has 0 heterocycles. The van der Waals surface area contributed by atoms with E-state index in [9.17, 15) is 4.39 Å². The van der Waals surface area contributed by atoms with Gasteiger partial charge in [-0.05, 0) is 43.4 Å². The van der Waals surface area contributed by atoms with Crippen molar-refractivity contribution in [1.82, 2.24) is 0 Å². The lowest BCUT2D eigenvalue weighted by Crippen LogP contribution is -2.43. The lowest BCUT2D eigenvalue weighted by Gasteiger charge is -2.31. The smallest absolute Gasteiger partial charge is 0.125 e. The third kappa shape index (κ3) is 2.72. The van der Waals surface area contributed by atoms with E-state index in [1.54, 1.807) is 6.07 Å². The number of nitrogens with two attached hydrogens (primary N) is 1. The van der Waals surface area contributed by atoms with Crippen LogP contribution in [0.5, 0.6) is 0 Å². The fraction of sp³-hybridized carbons (Fsp3) is 0.538. The number of anilines is 1. The standard InChI is InChI=1S/C13H18ClFN2/c1-9-4-5-13(7-9,8-16)17-12-6-10(15)2-3-11(12)14/h2-3,6,9,17H,4-5,7-8,16H2,1H3. The van der Waals surface area contributed by atoms with Crippen LogP contribution in [0.2, 0.25) is 5.02 Å². The van der Waals surface area contributed by atoms with Crippen molar-refractivity contribution in [1.29, 1.82) is 0 Å². The van der Waals surface area contributed by atoms with Crippen molar-refractivity contribution in [3.8, 4) is 0 Å². The summed E-state index contributed by atoms with van der Waals surface area (Å²) < 4.78 is 13.2. The largest absolute Gasteiger partial charge is 0.377 e. The van der Waals surface area contributed by atoms with E-state index in [1.165, 1.54) is 12.1 Å². The van der Waals surface area contributed by atoms with Gasteiger partial charge in [0.2, 0.25) is 0 Å². The third-order valence-electron chi connectivity index (χ3n) is 3.57. The minimum atomic E-state index is -0.282. The normalized spacial score (nSPS) is 28.4. The number of halogens is 2. The van der Waals surface area contributed by atoms with Crippen molar-refractivity contribution in [2.75, 3.05) is 11.9 Å². The Bertz CT molecular complexity index is 410. The molecule has 1 aromatic rings. The molecule has 2 rings (SSSR count). The zero-order chi connectivity index (χ0) is 12.5. The summed E-state index contributed by atoms with van der Waals surface area (Å²) in [6.45, 7) is 2.76. The molecule has 0 aromatic heterocycles. The van der Waals surface area contributed by atoms with Gasteiger partial charge in [0.05, 0.1) is 10.7 Å². The van der Waals surface area contributed by atoms with Crippen LogP contribution in [0.1, 0.15) is 26.2 Å². The number of hydrogen-bond acceptors (Lipinski definition) is 2. The van der Waals surface area contributed by atoms with Gasteiger partial charge in [-0.1, -0.05) is 18.5 Å². The van der Waals surface area contributed by atoms with Gasteiger partial charge in [-0.3, -0.25) is 0 Å². The summed E-state index contributed by atoms with van der Waals surface area (Å²) in [5, 5.41) is 3.89. The molecule has 0 saturated heterocycles. The molecule has 17 heavy (non-hydrogen) atoms. The third-order valence-corrected chi connectivity index (χ3v) is 3.90. The summed E-state index contributed by atoms with van der Waals surface area (Å²) in [6.07, 6.45) is 3.17. The van der Waals surface area contributed by atoms with E-state index in [0.29, 0.717) is 23.2 Å². The molecule has 1 fully saturated rings. The number of rotatable bonds is 3. The highest BCUT2D eigenvalue weighted by molar-refractivity contribution is 6.33. The van der Waals surface area contributed by atoms with Crippen molar-refractivity contribution < 1.29 is 4.39 Å². The van der Waals surface area contributed by atoms with Gasteiger partial charge in [0.25, 0.3) is 0 Å². The Morgan fingerprint density at radius 2 is 2.35 bits per heavy atom. The monoisotopic (exact) mass is 256 g/mol. The Balaban J connectivity index is 2.21. The van der Waals surface area contributed by atoms with Gasteiger partial charge >= 0.3 is 0 Å². The Morgan fingerprint density at radius 1 is 1.59 bits per heavy atom. The highest BCUT2D eigenvalue weighted by Gasteiger charge is 2.36. The number of benzene rings is 1. The molecule has 1 saturated carbocycles. The zero-order valence-electron chi connectivity index (χ0n) is 9.97. The van der Waals surface area contributed by atoms with Crippen molar-refractivity contribution in [3.05, 3.63) is 29.0 Å². The van der Waals surface area contributed by atoms with Crippen LogP contribution in [0.25, 0.3) is 0 Å². The maximum atomic E-state index is 13.2. The van der Waals surface area contributed by atoms with Crippen LogP contribution in [0, 0.1) is 11.7 Å². The molecule has 1 aliphatic carbocycles. The second kappa shape index (κ2) is 4.83. The first-order valence-electron chi connectivity index (χ1n) is 5.98. The predicted molar refractivity (Wildman–Crippen MR) is 69.8 cm³/mol. The first-order chi connectivity index (χ1) is 8.04. The highest BCUT2D eigenvalue weighted by atomic mass is 35.5. The van der Waals surface area contributed by atoms with Crippen LogP contribution in [-0.4, -0.2) is 12.1 Å². The van der Waals surface area contributed by atoms with Crippen molar-refractivity contribution >= 4 is 17.3 Å². The number of nitrogens with one attached hydrogen (secondary N) is 1. The molecule has 2 atom stereocenters. The van der Waals surface area contributed by atoms with E-state index in [1.807, 2.05) is 0 Å². The second-order valence-electron chi connectivity index (χ2n) is 5.08. The van der Waals surface area contributed by atoms with E-state index in [-0.39, 0.29) is 11.4 Å². The van der Waals surface area contributed by atoms with Gasteiger partial charge in [-0.2, -0.15) is 0 Å². The Hall–Kier alpha value is -0.800. The van der Waals surface area contributed by atoms with Gasteiger partial charge in [-0.15, -0.1) is 0 Å². The van der Waals surface area contributed by atoms with E-state index >= 15 is 0 Å². The lowest BCUT2D eigenvalue weighted by molar-refractivity contribution is 0.470. The SMILES string of the molecule is CC1CCC(CN)(Nc2cc(F)ccc2Cl)C1. The molecule has 0 amide bonds. The van der Waals surface area contributed by atoms with Crippen LogP contribution in [-0.2, 0) is 0 Å². The first kappa shape index (κ1) is 12.7. The van der Waals surface area contributed by atoms with Crippen LogP contribution >= 0.6 is 11.6 Å². The van der Waals surface area contributed by atoms with Crippen molar-refractivity contribution in [2.45, 2.75) is 31.7 Å². The fourth-order valence-electron chi connectivity index (χ4n) is 2.62. The molecule has 3 N–H and O–H groups in total. The lowest BCUT2D eigenvalue weighted by atomic mass is 9.96. The van der Waals surface area contributed by atoms with Gasteiger partial charge in [0.15, 0.2) is 0 Å². The van der Waals surface area contributed by atoms with Gasteiger partial charge in [-0.25, -0.2) is 4.39 Å². The molecular formula is C13H18ClFN2. The quantitative estimate of drug-likeness (QED) is 0.870. The Kier molecular flexibility index (Phi) is 3.59. The van der Waals surface area contributed by atoms with E-state index in [0.717, 1.165) is 19.3 Å². The predicted octanol–water partition coefficient (Wildman–Crippen LogP) is 3.41. The minimum absolute atomic E-state index is 0.128. The van der Waals surface area contributed by atoms with Crippen LogP contribution < -0.4 is 11.1 Å². The molecule has 1 aromatic carbocycles. The van der Waals surface area contributed by atoms with E-state index in [4.69, 9.17) is 17.3 Å². The summed E-state index contributed by atoms with van der Waals surface area (Å²) in [5.41, 5.74) is 6.38. The Labute approximate surface area is 106 Å². The molecule has 94 valence electrons. The van der Waals surface area contributed by atoms with Gasteiger partial charge < -0.3 is 11.1 Å². The van der Waals surface area contributed by atoms with E-state index < -0.39 is 0 Å². The summed E-state index contributed by atoms with van der Waals surface area (Å²) in [5.74, 6) is 0.369. The maximum absolute atomic E-state index is 13.2. The molecule has 0 spiro atoms. The summed E-state index contributed by atoms with van der Waals surface area (Å²) >= 11 is 6.06. The van der Waals surface area contributed by atoms with Gasteiger partial charge in [0, 0.05) is 12.1 Å². The van der Waals surface area contributed by atoms with Crippen LogP contribution in [0.3, 0.4) is 0 Å². The first-order valence-corrected chi connectivity index (χ1v) is 6.36. The fourth-order valence-corrected chi connectivity index (χ4v) is 2.79. The molecule has 2 unspecified atom stereocenters. The van der Waals surface area contributed by atoms with Crippen LogP contribution in [0.4, 0.5) is 10.1 Å². The minimum Gasteiger partial charge on any atom is -0.377 e. The molecule has 0 bridgehead atoms. The Morgan fingerprint density at radius 3 is 2.94 bits per heavy atom. The zero-order valence-corrected chi connectivity index (χ0v) is 10.7. The summed E-state index contributed by atoms with van der Waals surface area (Å²) in [7, 11) is 0. The molecule has 1 aliphatic rings. The van der Waals surface area contributed by atoms with E-state index in [2.05, 4.69) is 12.2 Å². The van der Waals surface area contributed by atoms with Crippen molar-refractivity contribution in [2.24, 2.45) is 11.7 Å². The molecule has 0 aliphatic heterocycles. The number of hydrogen-bond donors (Lipinski definition) is 2. The summed E-state index contributed by atoms with van der Waals surface area (Å²) in [4.78, 5) is 0. The molecule has 2 nitrogen and oxygen atoms in total. The maximum Gasteiger partial charge on any atom is 0.125 e. The van der Waals surface area contributed by atoms with Gasteiger partial charge in [0.1, 0.15) is 5.82 Å². The van der Waals surface area contributed by atoms with Crippen LogP contribution in [0.15, 0.2) is 18.2 Å².